The summed E-state index contributed by atoms with van der Waals surface area (Å²) in [6.45, 7) is 6.94. The number of fused-ring (bicyclic) bond motifs is 1. The number of ether oxygens (including phenoxy) is 1. The molecule has 152 valence electrons. The maximum atomic E-state index is 14.4. The van der Waals surface area contributed by atoms with Crippen molar-refractivity contribution in [3.63, 3.8) is 0 Å². The second kappa shape index (κ2) is 6.23. The third-order valence-corrected chi connectivity index (χ3v) is 4.99. The molecule has 0 radical (unpaired) electrons. The Labute approximate surface area is 158 Å². The van der Waals surface area contributed by atoms with Crippen molar-refractivity contribution in [1.29, 1.82) is 0 Å². The summed E-state index contributed by atoms with van der Waals surface area (Å²) in [5, 5.41) is 26.4. The molecular formula is C17H19BF3NO6. The van der Waals surface area contributed by atoms with Crippen LogP contribution >= 0.6 is 0 Å². The van der Waals surface area contributed by atoms with Gasteiger partial charge < -0.3 is 35.1 Å². The first-order valence-corrected chi connectivity index (χ1v) is 8.26. The van der Waals surface area contributed by atoms with Crippen LogP contribution in [0.1, 0.15) is 27.7 Å². The molecule has 0 amide bonds. The number of halogens is 3. The van der Waals surface area contributed by atoms with Crippen molar-refractivity contribution < 1.29 is 42.5 Å². The Hall–Kier alpha value is -2.05. The molecule has 0 aromatic heterocycles. The number of benzene rings is 2. The largest absolute Gasteiger partial charge is 0.495 e. The van der Waals surface area contributed by atoms with Gasteiger partial charge in [0.2, 0.25) is 5.82 Å². The van der Waals surface area contributed by atoms with Crippen LogP contribution in [0, 0.1) is 17.5 Å². The Morgan fingerprint density at radius 3 is 2.00 bits per heavy atom. The van der Waals surface area contributed by atoms with Crippen LogP contribution in [0.3, 0.4) is 0 Å². The average Bonchev–Trinajstić information content (AvgIpc) is 2.76. The van der Waals surface area contributed by atoms with Crippen LogP contribution in [0.15, 0.2) is 12.1 Å². The molecule has 0 spiro atoms. The normalized spacial score (nSPS) is 18.7. The van der Waals surface area contributed by atoms with E-state index in [1.807, 2.05) is 0 Å². The first kappa shape index (κ1) is 20.7. The third-order valence-electron chi connectivity index (χ3n) is 4.99. The lowest BCUT2D eigenvalue weighted by Gasteiger charge is -2.32. The van der Waals surface area contributed by atoms with Gasteiger partial charge in [-0.25, -0.2) is 8.78 Å². The molecule has 1 aliphatic heterocycles. The topological polar surface area (TPSA) is 114 Å². The van der Waals surface area contributed by atoms with E-state index in [4.69, 9.17) is 30.4 Å². The zero-order valence-corrected chi connectivity index (χ0v) is 15.5. The Morgan fingerprint density at radius 2 is 1.50 bits per heavy atom. The molecule has 0 unspecified atom stereocenters. The summed E-state index contributed by atoms with van der Waals surface area (Å²) in [7, 11) is -1.20. The summed E-state index contributed by atoms with van der Waals surface area (Å²) in [5.74, 6) is -6.55. The van der Waals surface area contributed by atoms with E-state index in [1.165, 1.54) is 6.07 Å². The van der Waals surface area contributed by atoms with Gasteiger partial charge in [0, 0.05) is 16.5 Å². The van der Waals surface area contributed by atoms with Crippen molar-refractivity contribution in [1.82, 2.24) is 0 Å². The zero-order valence-electron chi connectivity index (χ0n) is 15.5. The summed E-state index contributed by atoms with van der Waals surface area (Å²) >= 11 is 0. The molecule has 2 aromatic rings. The minimum absolute atomic E-state index is 0.0173. The fourth-order valence-electron chi connectivity index (χ4n) is 2.93. The SMILES string of the molecule is CC1(C)OB(c2cc(N)cc3c(F)c(F)c(F)c(OC(O)(O)O)c23)OC1(C)C. The number of nitrogen functional groups attached to an aromatic ring is 1. The summed E-state index contributed by atoms with van der Waals surface area (Å²) < 4.78 is 58.9. The molecule has 2 aromatic carbocycles. The quantitative estimate of drug-likeness (QED) is 0.264. The summed E-state index contributed by atoms with van der Waals surface area (Å²) in [6.07, 6.45) is -3.85. The Balaban J connectivity index is 2.35. The molecule has 0 atom stereocenters. The highest BCUT2D eigenvalue weighted by Crippen LogP contribution is 2.40. The van der Waals surface area contributed by atoms with Gasteiger partial charge in [0.15, 0.2) is 17.4 Å². The lowest BCUT2D eigenvalue weighted by molar-refractivity contribution is -0.419. The van der Waals surface area contributed by atoms with Gasteiger partial charge in [-0.2, -0.15) is 4.39 Å². The predicted octanol–water partition coefficient (Wildman–Crippen LogP) is 1.11. The Morgan fingerprint density at radius 1 is 0.964 bits per heavy atom. The van der Waals surface area contributed by atoms with E-state index in [1.54, 1.807) is 27.7 Å². The number of rotatable bonds is 3. The highest BCUT2D eigenvalue weighted by molar-refractivity contribution is 6.65. The first-order valence-electron chi connectivity index (χ1n) is 8.26. The molecule has 0 saturated carbocycles. The van der Waals surface area contributed by atoms with Gasteiger partial charge in [-0.3, -0.25) is 0 Å². The Kier molecular flexibility index (Phi) is 4.60. The van der Waals surface area contributed by atoms with E-state index in [-0.39, 0.29) is 11.2 Å². The monoisotopic (exact) mass is 401 g/mol. The van der Waals surface area contributed by atoms with Crippen molar-refractivity contribution in [3.8, 4) is 5.75 Å². The second-order valence-electron chi connectivity index (χ2n) is 7.57. The summed E-state index contributed by atoms with van der Waals surface area (Å²) in [4.78, 5) is 0. The number of hydrogen-bond donors (Lipinski definition) is 4. The smallest absolute Gasteiger partial charge is 0.413 e. The minimum Gasteiger partial charge on any atom is -0.413 e. The van der Waals surface area contributed by atoms with Crippen LogP contribution in [-0.4, -0.2) is 39.8 Å². The van der Waals surface area contributed by atoms with Crippen LogP contribution < -0.4 is 15.9 Å². The molecular weight excluding hydrogens is 382 g/mol. The van der Waals surface area contributed by atoms with Gasteiger partial charge in [-0.1, -0.05) is 0 Å². The highest BCUT2D eigenvalue weighted by Gasteiger charge is 2.52. The van der Waals surface area contributed by atoms with Crippen LogP contribution in [0.4, 0.5) is 18.9 Å². The van der Waals surface area contributed by atoms with E-state index < -0.39 is 58.5 Å². The highest BCUT2D eigenvalue weighted by atomic mass is 19.2. The van der Waals surface area contributed by atoms with E-state index >= 15 is 0 Å². The lowest BCUT2D eigenvalue weighted by Crippen LogP contribution is -2.41. The summed E-state index contributed by atoms with van der Waals surface area (Å²) in [5.41, 5.74) is 4.05. The molecule has 0 aliphatic carbocycles. The standard InChI is InChI=1S/C17H19BF3NO6/c1-15(2)16(3,4)28-18(27-15)9-6-7(22)5-8-10(9)14(26-17(23,24)25)13(21)12(20)11(8)19/h5-6,23-25H,22H2,1-4H3. The fraction of sp³-hybridized carbons (Fsp3) is 0.412. The lowest BCUT2D eigenvalue weighted by atomic mass is 9.75. The molecule has 0 bridgehead atoms. The van der Waals surface area contributed by atoms with E-state index in [9.17, 15) is 13.2 Å². The number of nitrogens with two attached hydrogens (primary N) is 1. The van der Waals surface area contributed by atoms with Crippen LogP contribution in [0.25, 0.3) is 10.8 Å². The van der Waals surface area contributed by atoms with Crippen LogP contribution in [-0.2, 0) is 9.31 Å². The predicted molar refractivity (Wildman–Crippen MR) is 94.0 cm³/mol. The van der Waals surface area contributed by atoms with E-state index in [0.29, 0.717) is 0 Å². The maximum absolute atomic E-state index is 14.4. The van der Waals surface area contributed by atoms with Gasteiger partial charge in [-0.15, -0.1) is 0 Å². The van der Waals surface area contributed by atoms with Crippen molar-refractivity contribution in [2.45, 2.75) is 45.1 Å². The minimum atomic E-state index is -3.85. The molecule has 1 saturated heterocycles. The average molecular weight is 401 g/mol. The molecule has 1 fully saturated rings. The van der Waals surface area contributed by atoms with Crippen LogP contribution in [0.5, 0.6) is 5.75 Å². The molecule has 11 heteroatoms. The molecule has 3 rings (SSSR count). The zero-order chi connectivity index (χ0) is 21.2. The molecule has 1 heterocycles. The van der Waals surface area contributed by atoms with Crippen LogP contribution in [0.2, 0.25) is 0 Å². The van der Waals surface area contributed by atoms with Gasteiger partial charge >= 0.3 is 13.3 Å². The van der Waals surface area contributed by atoms with Gasteiger partial charge in [0.1, 0.15) is 0 Å². The fourth-order valence-corrected chi connectivity index (χ4v) is 2.93. The van der Waals surface area contributed by atoms with E-state index in [2.05, 4.69) is 4.74 Å². The third kappa shape index (κ3) is 3.29. The maximum Gasteiger partial charge on any atom is 0.495 e. The molecule has 7 nitrogen and oxygen atoms in total. The van der Waals surface area contributed by atoms with Gasteiger partial charge in [-0.05, 0) is 45.3 Å². The van der Waals surface area contributed by atoms with E-state index in [0.717, 1.165) is 6.07 Å². The molecule has 1 aliphatic rings. The van der Waals surface area contributed by atoms with Gasteiger partial charge in [0.05, 0.1) is 11.2 Å². The molecule has 5 N–H and O–H groups in total. The second-order valence-corrected chi connectivity index (χ2v) is 7.57. The Bertz CT molecular complexity index is 945. The van der Waals surface area contributed by atoms with Crippen molar-refractivity contribution in [2.75, 3.05) is 5.73 Å². The number of hydrogen-bond acceptors (Lipinski definition) is 7. The molecule has 28 heavy (non-hydrogen) atoms. The number of anilines is 1. The first-order chi connectivity index (χ1) is 12.6. The van der Waals surface area contributed by atoms with Crippen molar-refractivity contribution in [2.24, 2.45) is 0 Å². The number of aliphatic hydroxyl groups is 3. The summed E-state index contributed by atoms with van der Waals surface area (Å²) in [6, 6.07) is 2.27. The van der Waals surface area contributed by atoms with Crippen molar-refractivity contribution in [3.05, 3.63) is 29.6 Å². The van der Waals surface area contributed by atoms with Gasteiger partial charge in [0.25, 0.3) is 0 Å². The van der Waals surface area contributed by atoms with Crippen molar-refractivity contribution >= 4 is 29.0 Å².